The third kappa shape index (κ3) is 3.64. The minimum absolute atomic E-state index is 0.0344. The largest absolute Gasteiger partial charge is 0.466 e. The van der Waals surface area contributed by atoms with Gasteiger partial charge in [-0.2, -0.15) is 5.26 Å². The number of rotatable bonds is 4. The number of allylic oxidation sites excluding steroid dienone is 1. The number of fused-ring (bicyclic) bond motifs is 1. The minimum atomic E-state index is -0.936. The lowest BCUT2D eigenvalue weighted by molar-refractivity contribution is -0.139. The molecule has 10 heteroatoms. The van der Waals surface area contributed by atoms with Crippen molar-refractivity contribution in [2.24, 2.45) is 5.73 Å². The number of hydrogen-bond donors (Lipinski definition) is 2. The van der Waals surface area contributed by atoms with Crippen molar-refractivity contribution in [3.05, 3.63) is 81.6 Å². The number of carbonyl (C=O) groups is 2. The lowest BCUT2D eigenvalue weighted by atomic mass is 9.81. The fourth-order valence-electron chi connectivity index (χ4n) is 3.85. The molecule has 33 heavy (non-hydrogen) atoms. The Bertz CT molecular complexity index is 1430. The molecule has 1 atom stereocenters. The van der Waals surface area contributed by atoms with Gasteiger partial charge in [0.1, 0.15) is 11.5 Å². The van der Waals surface area contributed by atoms with Gasteiger partial charge in [-0.15, -0.1) is 0 Å². The van der Waals surface area contributed by atoms with Gasteiger partial charge >= 0.3 is 11.9 Å². The summed E-state index contributed by atoms with van der Waals surface area (Å²) < 4.78 is 15.5. The molecule has 166 valence electrons. The number of benzene rings is 2. The van der Waals surface area contributed by atoms with E-state index in [0.717, 1.165) is 0 Å². The Morgan fingerprint density at radius 1 is 1.15 bits per heavy atom. The van der Waals surface area contributed by atoms with Crippen LogP contribution in [0, 0.1) is 16.2 Å². The Hall–Kier alpha value is -4.36. The number of anilines is 1. The number of esters is 2. The summed E-state index contributed by atoms with van der Waals surface area (Å²) in [4.78, 5) is 30.4. The number of nitriles is 1. The number of nitrogens with zero attached hydrogens (tertiary/aromatic N) is 2. The van der Waals surface area contributed by atoms with Gasteiger partial charge in [-0.3, -0.25) is 4.90 Å². The number of oxazole rings is 1. The van der Waals surface area contributed by atoms with Crippen molar-refractivity contribution < 1.29 is 23.5 Å². The zero-order chi connectivity index (χ0) is 23.7. The van der Waals surface area contributed by atoms with Gasteiger partial charge in [0, 0.05) is 6.07 Å². The molecule has 0 fully saturated rings. The van der Waals surface area contributed by atoms with E-state index in [4.69, 9.17) is 31.8 Å². The Morgan fingerprint density at radius 2 is 1.85 bits per heavy atom. The first kappa shape index (κ1) is 21.9. The standard InChI is InChI=1S/C23H18N4O5S/c1-30-21(28)18-17(12-6-4-3-5-7-12)14(11-24)20(25)27(19(18)22(29)31-2)13-8-9-15-16(10-13)32-23(33)26-15/h3-10,17H,25H2,1-2H3,(H,26,33). The first-order valence-electron chi connectivity index (χ1n) is 9.69. The maximum Gasteiger partial charge on any atom is 0.355 e. The highest BCUT2D eigenvalue weighted by atomic mass is 32.1. The minimum Gasteiger partial charge on any atom is -0.466 e. The Labute approximate surface area is 193 Å². The fourth-order valence-corrected chi connectivity index (χ4v) is 4.05. The number of ether oxygens (including phenoxy) is 2. The topological polar surface area (TPSA) is 135 Å². The average Bonchev–Trinajstić information content (AvgIpc) is 3.21. The highest BCUT2D eigenvalue weighted by molar-refractivity contribution is 7.71. The molecule has 2 heterocycles. The monoisotopic (exact) mass is 462 g/mol. The van der Waals surface area contributed by atoms with E-state index in [9.17, 15) is 14.9 Å². The van der Waals surface area contributed by atoms with Gasteiger partial charge in [-0.25, -0.2) is 9.59 Å². The van der Waals surface area contributed by atoms with Gasteiger partial charge in [0.2, 0.25) is 0 Å². The maximum absolute atomic E-state index is 13.0. The predicted octanol–water partition coefficient (Wildman–Crippen LogP) is 3.39. The summed E-state index contributed by atoms with van der Waals surface area (Å²) >= 11 is 5.04. The molecule has 3 N–H and O–H groups in total. The lowest BCUT2D eigenvalue weighted by Crippen LogP contribution is -2.40. The van der Waals surface area contributed by atoms with Crippen molar-refractivity contribution in [1.29, 1.82) is 5.26 Å². The van der Waals surface area contributed by atoms with Crippen molar-refractivity contribution >= 4 is 40.9 Å². The average molecular weight is 462 g/mol. The SMILES string of the molecule is COC(=O)C1=C(C(=O)OC)N(c2ccc3[nH]c(=S)oc3c2)C(N)=C(C#N)C1c1ccccc1. The molecule has 0 bridgehead atoms. The summed E-state index contributed by atoms with van der Waals surface area (Å²) in [6.45, 7) is 0. The van der Waals surface area contributed by atoms with Crippen molar-refractivity contribution in [3.8, 4) is 6.07 Å². The van der Waals surface area contributed by atoms with E-state index in [0.29, 0.717) is 22.4 Å². The second kappa shape index (κ2) is 8.64. The maximum atomic E-state index is 13.0. The number of nitrogens with two attached hydrogens (primary N) is 1. The number of aromatic nitrogens is 1. The molecule has 0 saturated heterocycles. The van der Waals surface area contributed by atoms with Crippen molar-refractivity contribution in [1.82, 2.24) is 4.98 Å². The number of aromatic amines is 1. The zero-order valence-electron chi connectivity index (χ0n) is 17.6. The van der Waals surface area contributed by atoms with Crippen LogP contribution in [0.2, 0.25) is 0 Å². The molecule has 9 nitrogen and oxygen atoms in total. The molecule has 0 radical (unpaired) electrons. The van der Waals surface area contributed by atoms with Crippen LogP contribution >= 0.6 is 12.2 Å². The lowest BCUT2D eigenvalue weighted by Gasteiger charge is -2.35. The number of methoxy groups -OCH3 is 2. The molecule has 0 saturated carbocycles. The van der Waals surface area contributed by atoms with Crippen LogP contribution < -0.4 is 10.6 Å². The van der Waals surface area contributed by atoms with E-state index in [-0.39, 0.29) is 27.5 Å². The molecule has 0 amide bonds. The Balaban J connectivity index is 2.07. The second-order valence-electron chi connectivity index (χ2n) is 7.03. The number of H-pyrrole nitrogens is 1. The van der Waals surface area contributed by atoms with Crippen LogP contribution in [0.1, 0.15) is 11.5 Å². The molecule has 1 unspecified atom stereocenters. The predicted molar refractivity (Wildman–Crippen MR) is 121 cm³/mol. The van der Waals surface area contributed by atoms with Gasteiger partial charge < -0.3 is 24.6 Å². The van der Waals surface area contributed by atoms with Gasteiger partial charge in [0.15, 0.2) is 5.58 Å². The third-order valence-electron chi connectivity index (χ3n) is 5.27. The van der Waals surface area contributed by atoms with Gasteiger partial charge in [-0.05, 0) is 29.9 Å². The van der Waals surface area contributed by atoms with Crippen LogP contribution in [0.25, 0.3) is 11.1 Å². The first-order chi connectivity index (χ1) is 15.9. The Kier molecular flexibility index (Phi) is 5.72. The van der Waals surface area contributed by atoms with E-state index in [1.165, 1.54) is 19.1 Å². The highest BCUT2D eigenvalue weighted by Gasteiger charge is 2.43. The van der Waals surface area contributed by atoms with Crippen LogP contribution in [0.15, 0.2) is 75.6 Å². The Morgan fingerprint density at radius 3 is 2.48 bits per heavy atom. The number of carbonyl (C=O) groups excluding carboxylic acids is 2. The smallest absolute Gasteiger partial charge is 0.355 e. The van der Waals surface area contributed by atoms with Crippen molar-refractivity contribution in [2.75, 3.05) is 19.1 Å². The van der Waals surface area contributed by atoms with Crippen LogP contribution in [0.3, 0.4) is 0 Å². The van der Waals surface area contributed by atoms with E-state index in [1.807, 2.05) is 0 Å². The van der Waals surface area contributed by atoms with Crippen molar-refractivity contribution in [2.45, 2.75) is 5.92 Å². The second-order valence-corrected chi connectivity index (χ2v) is 7.40. The number of hydrogen-bond acceptors (Lipinski definition) is 9. The summed E-state index contributed by atoms with van der Waals surface area (Å²) in [6, 6.07) is 15.8. The molecular formula is C23H18N4O5S. The quantitative estimate of drug-likeness (QED) is 0.442. The molecular weight excluding hydrogens is 444 g/mol. The van der Waals surface area contributed by atoms with Crippen LogP contribution in [0.4, 0.5) is 5.69 Å². The number of nitrogens with one attached hydrogen (secondary N) is 1. The highest BCUT2D eigenvalue weighted by Crippen LogP contribution is 2.43. The summed E-state index contributed by atoms with van der Waals surface area (Å²) in [6.07, 6.45) is 0. The fraction of sp³-hybridized carbons (Fsp3) is 0.130. The molecule has 0 spiro atoms. The molecule has 3 aromatic rings. The molecule has 4 rings (SSSR count). The van der Waals surface area contributed by atoms with Gasteiger partial charge in [0.25, 0.3) is 4.84 Å². The van der Waals surface area contributed by atoms with E-state index in [1.54, 1.807) is 48.5 Å². The zero-order valence-corrected chi connectivity index (χ0v) is 18.4. The summed E-state index contributed by atoms with van der Waals surface area (Å²) in [5, 5.41) is 10.0. The van der Waals surface area contributed by atoms with Crippen LogP contribution in [-0.2, 0) is 19.1 Å². The molecule has 0 aliphatic carbocycles. The van der Waals surface area contributed by atoms with Crippen LogP contribution in [0.5, 0.6) is 0 Å². The van der Waals surface area contributed by atoms with E-state index < -0.39 is 17.9 Å². The van der Waals surface area contributed by atoms with Gasteiger partial charge in [-0.1, -0.05) is 30.3 Å². The molecule has 2 aromatic carbocycles. The van der Waals surface area contributed by atoms with E-state index in [2.05, 4.69) is 11.1 Å². The third-order valence-corrected chi connectivity index (χ3v) is 5.46. The summed E-state index contributed by atoms with van der Waals surface area (Å²) in [5.41, 5.74) is 8.27. The first-order valence-corrected chi connectivity index (χ1v) is 10.1. The van der Waals surface area contributed by atoms with Crippen LogP contribution in [-0.4, -0.2) is 31.1 Å². The molecule has 1 aliphatic rings. The normalized spacial score (nSPS) is 16.0. The van der Waals surface area contributed by atoms with Crippen molar-refractivity contribution in [3.63, 3.8) is 0 Å². The van der Waals surface area contributed by atoms with Gasteiger partial charge in [0.05, 0.1) is 48.6 Å². The molecule has 1 aromatic heterocycles. The summed E-state index contributed by atoms with van der Waals surface area (Å²) in [5.74, 6) is -2.59. The van der Waals surface area contributed by atoms with E-state index >= 15 is 0 Å². The summed E-state index contributed by atoms with van der Waals surface area (Å²) in [7, 11) is 2.38. The molecule has 1 aliphatic heterocycles.